The Balaban J connectivity index is 3.48. The topological polar surface area (TPSA) is 3.24 Å². The molecular formula is C8H14NS. The van der Waals surface area contributed by atoms with Crippen molar-refractivity contribution in [1.29, 1.82) is 0 Å². The van der Waals surface area contributed by atoms with Gasteiger partial charge in [0.1, 0.15) is 0 Å². The second kappa shape index (κ2) is 6.90. The van der Waals surface area contributed by atoms with Gasteiger partial charge in [-0.05, 0) is 0 Å². The van der Waals surface area contributed by atoms with Crippen molar-refractivity contribution in [3.8, 4) is 0 Å². The van der Waals surface area contributed by atoms with Crippen LogP contribution in [0.25, 0.3) is 0 Å². The molecule has 2 heteroatoms. The molecule has 10 heavy (non-hydrogen) atoms. The Morgan fingerprint density at radius 2 is 1.70 bits per heavy atom. The van der Waals surface area contributed by atoms with Gasteiger partial charge < -0.3 is 0 Å². The lowest BCUT2D eigenvalue weighted by molar-refractivity contribution is 0.358. The van der Waals surface area contributed by atoms with E-state index in [0.717, 1.165) is 25.4 Å². The molecule has 0 fully saturated rings. The van der Waals surface area contributed by atoms with Crippen LogP contribution in [-0.2, 0) is 0 Å². The normalized spacial score (nSPS) is 9.80. The summed E-state index contributed by atoms with van der Waals surface area (Å²) >= 11 is 4.85. The molecule has 1 nitrogen and oxygen atoms in total. The van der Waals surface area contributed by atoms with Crippen molar-refractivity contribution < 1.29 is 0 Å². The molecule has 0 rings (SSSR count). The second-order valence-electron chi connectivity index (χ2n) is 2.04. The molecule has 0 amide bonds. The van der Waals surface area contributed by atoms with E-state index in [9.17, 15) is 0 Å². The lowest BCUT2D eigenvalue weighted by Gasteiger charge is -2.16. The summed E-state index contributed by atoms with van der Waals surface area (Å²) in [6.07, 6.45) is 3.77. The monoisotopic (exact) mass is 156 g/mol. The van der Waals surface area contributed by atoms with E-state index in [1.54, 1.807) is 0 Å². The van der Waals surface area contributed by atoms with Gasteiger partial charge in [0.25, 0.3) is 0 Å². The average Bonchev–Trinajstić information content (AvgIpc) is 1.90. The third kappa shape index (κ3) is 4.65. The highest BCUT2D eigenvalue weighted by atomic mass is 32.1. The molecule has 0 heterocycles. The minimum atomic E-state index is 0.779. The first-order valence-electron chi connectivity index (χ1n) is 3.37. The van der Waals surface area contributed by atoms with Crippen LogP contribution in [-0.4, -0.2) is 30.3 Å². The maximum absolute atomic E-state index is 4.85. The first-order chi connectivity index (χ1) is 4.85. The van der Waals surface area contributed by atoms with E-state index in [-0.39, 0.29) is 0 Å². The first-order valence-corrected chi connectivity index (χ1v) is 3.95. The van der Waals surface area contributed by atoms with Crippen molar-refractivity contribution in [2.45, 2.75) is 0 Å². The van der Waals surface area contributed by atoms with Crippen molar-refractivity contribution in [2.75, 3.05) is 25.4 Å². The maximum Gasteiger partial charge on any atom is 0.0165 e. The summed E-state index contributed by atoms with van der Waals surface area (Å²) in [5, 5.41) is 0. The molecule has 1 radical (unpaired) electrons. The molecule has 0 aliphatic rings. The fourth-order valence-corrected chi connectivity index (χ4v) is 1.01. The highest BCUT2D eigenvalue weighted by Crippen LogP contribution is 1.89. The van der Waals surface area contributed by atoms with Gasteiger partial charge in [-0.3, -0.25) is 4.90 Å². The summed E-state index contributed by atoms with van der Waals surface area (Å²) in [5.41, 5.74) is 0. The zero-order valence-corrected chi connectivity index (χ0v) is 7.07. The van der Waals surface area contributed by atoms with Gasteiger partial charge in [0, 0.05) is 25.4 Å². The minimum absolute atomic E-state index is 0.779. The molecule has 0 aromatic heterocycles. The Labute approximate surface area is 68.8 Å². The molecule has 0 N–H and O–H groups in total. The van der Waals surface area contributed by atoms with Crippen molar-refractivity contribution in [3.05, 3.63) is 25.3 Å². The summed E-state index contributed by atoms with van der Waals surface area (Å²) in [6, 6.07) is 0. The highest BCUT2D eigenvalue weighted by Gasteiger charge is 1.96. The van der Waals surface area contributed by atoms with Crippen LogP contribution in [0, 0.1) is 0 Å². The van der Waals surface area contributed by atoms with Crippen LogP contribution >= 0.6 is 12.6 Å². The van der Waals surface area contributed by atoms with Gasteiger partial charge in [-0.15, -0.1) is 13.2 Å². The Bertz CT molecular complexity index is 91.4. The van der Waals surface area contributed by atoms with Crippen molar-refractivity contribution in [1.82, 2.24) is 4.90 Å². The Hall–Kier alpha value is -0.210. The molecule has 57 valence electrons. The summed E-state index contributed by atoms with van der Waals surface area (Å²) < 4.78 is 0. The van der Waals surface area contributed by atoms with Gasteiger partial charge in [0.2, 0.25) is 0 Å². The quantitative estimate of drug-likeness (QED) is 0.531. The van der Waals surface area contributed by atoms with E-state index in [1.165, 1.54) is 0 Å². The molecule has 0 aromatic rings. The standard InChI is InChI=1S/C8H14NS/c1-3-5-9(6-4-2)7-8-10/h3-4H,1-2,5-8H2. The average molecular weight is 156 g/mol. The van der Waals surface area contributed by atoms with Gasteiger partial charge in [0.05, 0.1) is 0 Å². The van der Waals surface area contributed by atoms with Crippen molar-refractivity contribution >= 4 is 12.6 Å². The van der Waals surface area contributed by atoms with E-state index in [1.807, 2.05) is 12.2 Å². The van der Waals surface area contributed by atoms with Crippen LogP contribution < -0.4 is 0 Å². The molecule has 0 aliphatic heterocycles. The van der Waals surface area contributed by atoms with Gasteiger partial charge in [0.15, 0.2) is 0 Å². The van der Waals surface area contributed by atoms with Gasteiger partial charge >= 0.3 is 0 Å². The fraction of sp³-hybridized carbons (Fsp3) is 0.500. The number of hydrogen-bond donors (Lipinski definition) is 0. The summed E-state index contributed by atoms with van der Waals surface area (Å²) in [7, 11) is 0. The highest BCUT2D eigenvalue weighted by molar-refractivity contribution is 7.80. The van der Waals surface area contributed by atoms with Crippen LogP contribution in [0.2, 0.25) is 0 Å². The molecule has 0 saturated carbocycles. The van der Waals surface area contributed by atoms with E-state index in [0.29, 0.717) is 0 Å². The molecule has 0 aromatic carbocycles. The molecule has 0 bridgehead atoms. The smallest absolute Gasteiger partial charge is 0.0165 e. The van der Waals surface area contributed by atoms with E-state index < -0.39 is 0 Å². The van der Waals surface area contributed by atoms with Crippen LogP contribution in [0.5, 0.6) is 0 Å². The van der Waals surface area contributed by atoms with Gasteiger partial charge in [-0.25, -0.2) is 0 Å². The lowest BCUT2D eigenvalue weighted by atomic mass is 10.4. The minimum Gasteiger partial charge on any atom is -0.295 e. The third-order valence-corrected chi connectivity index (χ3v) is 1.36. The summed E-state index contributed by atoms with van der Waals surface area (Å²) in [5.74, 6) is 0.779. The number of hydrogen-bond acceptors (Lipinski definition) is 1. The zero-order valence-electron chi connectivity index (χ0n) is 6.25. The zero-order chi connectivity index (χ0) is 7.82. The lowest BCUT2D eigenvalue weighted by Crippen LogP contribution is -2.25. The number of nitrogens with zero attached hydrogens (tertiary/aromatic N) is 1. The molecule has 0 atom stereocenters. The summed E-state index contributed by atoms with van der Waals surface area (Å²) in [6.45, 7) is 10.1. The Morgan fingerprint density at radius 3 is 2.00 bits per heavy atom. The fourth-order valence-electron chi connectivity index (χ4n) is 0.751. The van der Waals surface area contributed by atoms with E-state index >= 15 is 0 Å². The van der Waals surface area contributed by atoms with Crippen molar-refractivity contribution in [3.63, 3.8) is 0 Å². The maximum atomic E-state index is 4.85. The van der Waals surface area contributed by atoms with E-state index in [4.69, 9.17) is 12.6 Å². The first kappa shape index (κ1) is 9.79. The number of rotatable bonds is 6. The van der Waals surface area contributed by atoms with Crippen molar-refractivity contribution in [2.24, 2.45) is 0 Å². The second-order valence-corrected chi connectivity index (χ2v) is 2.45. The molecule has 0 spiro atoms. The largest absolute Gasteiger partial charge is 0.295 e. The Morgan fingerprint density at radius 1 is 1.20 bits per heavy atom. The molecular weight excluding hydrogens is 142 g/mol. The van der Waals surface area contributed by atoms with Crippen LogP contribution in [0.15, 0.2) is 25.3 Å². The van der Waals surface area contributed by atoms with Crippen LogP contribution in [0.3, 0.4) is 0 Å². The Kier molecular flexibility index (Phi) is 6.76. The predicted molar refractivity (Wildman–Crippen MR) is 49.3 cm³/mol. The molecule has 0 aliphatic carbocycles. The van der Waals surface area contributed by atoms with Gasteiger partial charge in [-0.2, -0.15) is 0 Å². The SMILES string of the molecule is C=CCN(CC=C)CC[S]. The summed E-state index contributed by atoms with van der Waals surface area (Å²) in [4.78, 5) is 2.20. The van der Waals surface area contributed by atoms with Gasteiger partial charge in [-0.1, -0.05) is 24.8 Å². The molecule has 0 unspecified atom stereocenters. The molecule has 0 saturated heterocycles. The van der Waals surface area contributed by atoms with Crippen LogP contribution in [0.1, 0.15) is 0 Å². The van der Waals surface area contributed by atoms with E-state index in [2.05, 4.69) is 18.1 Å². The third-order valence-electron chi connectivity index (χ3n) is 1.18. The van der Waals surface area contributed by atoms with Crippen LogP contribution in [0.4, 0.5) is 0 Å². The predicted octanol–water partition coefficient (Wildman–Crippen LogP) is 1.86.